The van der Waals surface area contributed by atoms with E-state index in [4.69, 9.17) is 4.74 Å². The van der Waals surface area contributed by atoms with E-state index in [0.717, 1.165) is 35.1 Å². The molecular weight excluding hydrogens is 372 g/mol. The smallest absolute Gasteiger partial charge is 0.324 e. The molecule has 1 aromatic carbocycles. The van der Waals surface area contributed by atoms with Crippen LogP contribution in [0.5, 0.6) is 5.75 Å². The molecule has 1 saturated heterocycles. The lowest BCUT2D eigenvalue weighted by Crippen LogP contribution is -2.34. The van der Waals surface area contributed by atoms with Crippen molar-refractivity contribution in [2.75, 3.05) is 20.2 Å². The van der Waals surface area contributed by atoms with Crippen LogP contribution in [-0.4, -0.2) is 54.0 Å². The summed E-state index contributed by atoms with van der Waals surface area (Å²) < 4.78 is 5.27. The summed E-state index contributed by atoms with van der Waals surface area (Å²) in [7, 11) is 1.62. The number of benzene rings is 1. The molecule has 1 atom stereocenters. The highest BCUT2D eigenvalue weighted by atomic mass is 16.5. The second-order valence-corrected chi connectivity index (χ2v) is 7.21. The lowest BCUT2D eigenvalue weighted by Gasteiger charge is -2.13. The second-order valence-electron chi connectivity index (χ2n) is 7.21. The van der Waals surface area contributed by atoms with Gasteiger partial charge in [-0.05, 0) is 43.0 Å². The number of aromatic nitrogens is 1. The number of hydrogen-bond acceptors (Lipinski definition) is 4. The molecule has 0 aliphatic carbocycles. The van der Waals surface area contributed by atoms with Crippen molar-refractivity contribution in [2.24, 2.45) is 0 Å². The molecule has 29 heavy (non-hydrogen) atoms. The minimum Gasteiger partial charge on any atom is -0.497 e. The highest BCUT2D eigenvalue weighted by Crippen LogP contribution is 2.24. The van der Waals surface area contributed by atoms with Crippen LogP contribution in [0.2, 0.25) is 0 Å². The maximum Gasteiger partial charge on any atom is 0.324 e. The number of urea groups is 1. The summed E-state index contributed by atoms with van der Waals surface area (Å²) in [6.45, 7) is 2.98. The van der Waals surface area contributed by atoms with E-state index < -0.39 is 12.1 Å². The van der Waals surface area contributed by atoms with Gasteiger partial charge in [-0.15, -0.1) is 0 Å². The van der Waals surface area contributed by atoms with Crippen molar-refractivity contribution in [3.63, 3.8) is 0 Å². The van der Waals surface area contributed by atoms with Gasteiger partial charge in [0.2, 0.25) is 5.91 Å². The van der Waals surface area contributed by atoms with Gasteiger partial charge >= 0.3 is 6.03 Å². The van der Waals surface area contributed by atoms with Crippen molar-refractivity contribution in [1.82, 2.24) is 20.5 Å². The van der Waals surface area contributed by atoms with Gasteiger partial charge in [0.05, 0.1) is 7.11 Å². The zero-order valence-corrected chi connectivity index (χ0v) is 16.9. The molecule has 0 bridgehead atoms. The van der Waals surface area contributed by atoms with E-state index in [9.17, 15) is 14.4 Å². The van der Waals surface area contributed by atoms with E-state index in [0.29, 0.717) is 19.4 Å². The SMILES string of the molecule is CCCCNC(=O)CCC1NC(=O)N(CCc2c[nH]c3ccc(OC)cc23)C1=O. The van der Waals surface area contributed by atoms with Crippen molar-refractivity contribution in [1.29, 1.82) is 0 Å². The Hall–Kier alpha value is -3.03. The summed E-state index contributed by atoms with van der Waals surface area (Å²) in [5.41, 5.74) is 1.99. The molecule has 3 N–H and O–H groups in total. The molecule has 1 fully saturated rings. The number of carbonyl (C=O) groups is 3. The number of aromatic amines is 1. The standard InChI is InChI=1S/C21H28N4O4/c1-3-4-10-22-19(26)8-7-18-20(27)25(21(28)24-18)11-9-14-13-23-17-6-5-15(29-2)12-16(14)17/h5-6,12-13,18,23H,3-4,7-11H2,1-2H3,(H,22,26)(H,24,28). The number of unbranched alkanes of at least 4 members (excludes halogenated alkanes) is 1. The largest absolute Gasteiger partial charge is 0.497 e. The van der Waals surface area contributed by atoms with Gasteiger partial charge in [-0.25, -0.2) is 4.79 Å². The summed E-state index contributed by atoms with van der Waals surface area (Å²) in [5, 5.41) is 6.53. The van der Waals surface area contributed by atoms with E-state index in [1.54, 1.807) is 7.11 Å². The van der Waals surface area contributed by atoms with Gasteiger partial charge in [0.15, 0.2) is 0 Å². The van der Waals surface area contributed by atoms with Gasteiger partial charge in [0.1, 0.15) is 11.8 Å². The molecule has 2 heterocycles. The number of H-pyrrole nitrogens is 1. The molecule has 8 nitrogen and oxygen atoms in total. The van der Waals surface area contributed by atoms with Crippen LogP contribution in [0.3, 0.4) is 0 Å². The predicted octanol–water partition coefficient (Wildman–Crippen LogP) is 2.34. The Balaban J connectivity index is 1.55. The molecule has 8 heteroatoms. The quantitative estimate of drug-likeness (QED) is 0.421. The van der Waals surface area contributed by atoms with Gasteiger partial charge in [-0.1, -0.05) is 13.3 Å². The van der Waals surface area contributed by atoms with Gasteiger partial charge < -0.3 is 20.4 Å². The fourth-order valence-corrected chi connectivity index (χ4v) is 3.48. The van der Waals surface area contributed by atoms with Gasteiger partial charge in [0.25, 0.3) is 5.91 Å². The third-order valence-corrected chi connectivity index (χ3v) is 5.20. The average Bonchev–Trinajstić information content (AvgIpc) is 3.24. The van der Waals surface area contributed by atoms with Crippen molar-refractivity contribution in [3.05, 3.63) is 30.0 Å². The molecule has 3 rings (SSSR count). The lowest BCUT2D eigenvalue weighted by molar-refractivity contribution is -0.127. The minimum atomic E-state index is -0.637. The Labute approximate surface area is 170 Å². The first-order chi connectivity index (χ1) is 14.0. The summed E-state index contributed by atoms with van der Waals surface area (Å²) in [5.74, 6) is 0.395. The summed E-state index contributed by atoms with van der Waals surface area (Å²) in [6.07, 6.45) is 4.89. The van der Waals surface area contributed by atoms with Crippen LogP contribution >= 0.6 is 0 Å². The van der Waals surface area contributed by atoms with Crippen LogP contribution in [0, 0.1) is 0 Å². The Kier molecular flexibility index (Phi) is 6.74. The molecule has 2 aromatic rings. The van der Waals surface area contributed by atoms with E-state index in [-0.39, 0.29) is 24.8 Å². The fraction of sp³-hybridized carbons (Fsp3) is 0.476. The van der Waals surface area contributed by atoms with Gasteiger partial charge in [-0.2, -0.15) is 0 Å². The van der Waals surface area contributed by atoms with Crippen molar-refractivity contribution < 1.29 is 19.1 Å². The molecule has 156 valence electrons. The van der Waals surface area contributed by atoms with E-state index in [1.807, 2.05) is 24.4 Å². The molecule has 0 spiro atoms. The Morgan fingerprint density at radius 1 is 1.31 bits per heavy atom. The predicted molar refractivity (Wildman–Crippen MR) is 110 cm³/mol. The first-order valence-electron chi connectivity index (χ1n) is 10.1. The normalized spacial score (nSPS) is 16.3. The molecule has 1 unspecified atom stereocenters. The molecule has 0 saturated carbocycles. The molecular formula is C21H28N4O4. The first-order valence-corrected chi connectivity index (χ1v) is 10.1. The number of nitrogens with zero attached hydrogens (tertiary/aromatic N) is 1. The lowest BCUT2D eigenvalue weighted by atomic mass is 10.1. The Bertz CT molecular complexity index is 892. The number of imide groups is 1. The molecule has 4 amide bonds. The van der Waals surface area contributed by atoms with E-state index >= 15 is 0 Å². The summed E-state index contributed by atoms with van der Waals surface area (Å²) in [6, 6.07) is 4.72. The Morgan fingerprint density at radius 3 is 2.90 bits per heavy atom. The number of carbonyl (C=O) groups excluding carboxylic acids is 3. The number of hydrogen-bond donors (Lipinski definition) is 3. The van der Waals surface area contributed by atoms with Crippen molar-refractivity contribution in [3.8, 4) is 5.75 Å². The fourth-order valence-electron chi connectivity index (χ4n) is 3.48. The maximum absolute atomic E-state index is 12.6. The van der Waals surface area contributed by atoms with Gasteiger partial charge in [-0.3, -0.25) is 14.5 Å². The van der Waals surface area contributed by atoms with Crippen LogP contribution in [0.25, 0.3) is 10.9 Å². The van der Waals surface area contributed by atoms with Gasteiger partial charge in [0, 0.05) is 36.6 Å². The zero-order chi connectivity index (χ0) is 20.8. The van der Waals surface area contributed by atoms with Crippen LogP contribution in [0.4, 0.5) is 4.79 Å². The van der Waals surface area contributed by atoms with Crippen LogP contribution in [0.15, 0.2) is 24.4 Å². The third kappa shape index (κ3) is 4.88. The highest BCUT2D eigenvalue weighted by Gasteiger charge is 2.37. The monoisotopic (exact) mass is 400 g/mol. The number of amides is 4. The Morgan fingerprint density at radius 2 is 2.14 bits per heavy atom. The summed E-state index contributed by atoms with van der Waals surface area (Å²) in [4.78, 5) is 41.1. The zero-order valence-electron chi connectivity index (χ0n) is 16.9. The number of nitrogens with one attached hydrogen (secondary N) is 3. The van der Waals surface area contributed by atoms with Crippen LogP contribution in [-0.2, 0) is 16.0 Å². The summed E-state index contributed by atoms with van der Waals surface area (Å²) >= 11 is 0. The number of ether oxygens (including phenoxy) is 1. The average molecular weight is 400 g/mol. The van der Waals surface area contributed by atoms with Crippen LogP contribution in [0.1, 0.15) is 38.2 Å². The third-order valence-electron chi connectivity index (χ3n) is 5.20. The molecule has 1 aromatic heterocycles. The topological polar surface area (TPSA) is 104 Å². The highest BCUT2D eigenvalue weighted by molar-refractivity contribution is 6.04. The minimum absolute atomic E-state index is 0.0910. The molecule has 1 aliphatic heterocycles. The number of methoxy groups -OCH3 is 1. The van der Waals surface area contributed by atoms with E-state index in [2.05, 4.69) is 22.5 Å². The second kappa shape index (κ2) is 9.45. The van der Waals surface area contributed by atoms with Crippen molar-refractivity contribution >= 4 is 28.7 Å². The molecule has 1 aliphatic rings. The molecule has 0 radical (unpaired) electrons. The van der Waals surface area contributed by atoms with Crippen LogP contribution < -0.4 is 15.4 Å². The first kappa shape index (κ1) is 20.7. The van der Waals surface area contributed by atoms with Crippen molar-refractivity contribution in [2.45, 2.75) is 45.1 Å². The number of fused-ring (bicyclic) bond motifs is 1. The maximum atomic E-state index is 12.6. The number of rotatable bonds is 10. The van der Waals surface area contributed by atoms with E-state index in [1.165, 1.54) is 4.90 Å².